The monoisotopic (exact) mass is 371 g/mol. The predicted octanol–water partition coefficient (Wildman–Crippen LogP) is 3.49. The fourth-order valence-electron chi connectivity index (χ4n) is 2.37. The van der Waals surface area contributed by atoms with Crippen LogP contribution in [0.25, 0.3) is 11.3 Å². The molecule has 2 aromatic heterocycles. The Bertz CT molecular complexity index is 900. The van der Waals surface area contributed by atoms with Crippen molar-refractivity contribution in [3.63, 3.8) is 0 Å². The van der Waals surface area contributed by atoms with Gasteiger partial charge >= 0.3 is 0 Å². The minimum absolute atomic E-state index is 0.124. The number of thiophene rings is 1. The van der Waals surface area contributed by atoms with Crippen molar-refractivity contribution in [1.29, 1.82) is 0 Å². The number of aromatic nitrogens is 1. The molecule has 128 valence electrons. The summed E-state index contributed by atoms with van der Waals surface area (Å²) in [6.07, 6.45) is 0.124. The quantitative estimate of drug-likeness (QED) is 0.690. The van der Waals surface area contributed by atoms with Crippen LogP contribution in [0.4, 0.5) is 0 Å². The highest BCUT2D eigenvalue weighted by molar-refractivity contribution is 7.12. The van der Waals surface area contributed by atoms with Gasteiger partial charge in [0.05, 0.1) is 17.7 Å². The molecule has 3 rings (SSSR count). The molecule has 7 heteroatoms. The maximum atomic E-state index is 12.1. The second kappa shape index (κ2) is 7.58. The van der Waals surface area contributed by atoms with Gasteiger partial charge in [-0.15, -0.1) is 22.7 Å². The Labute approximate surface area is 153 Å². The first-order valence-electron chi connectivity index (χ1n) is 7.69. The third kappa shape index (κ3) is 4.32. The molecule has 0 bridgehead atoms. The zero-order chi connectivity index (χ0) is 17.8. The summed E-state index contributed by atoms with van der Waals surface area (Å²) in [5.74, 6) is -0.605. The van der Waals surface area contributed by atoms with Crippen molar-refractivity contribution in [3.8, 4) is 11.3 Å². The molecule has 0 spiro atoms. The highest BCUT2D eigenvalue weighted by Gasteiger charge is 2.14. The van der Waals surface area contributed by atoms with Gasteiger partial charge in [-0.25, -0.2) is 4.98 Å². The molecule has 0 fully saturated rings. The molecule has 1 aromatic carbocycles. The number of nitrogens with zero attached hydrogens (tertiary/aromatic N) is 1. The molecule has 2 heterocycles. The van der Waals surface area contributed by atoms with Gasteiger partial charge in [0.1, 0.15) is 5.01 Å². The van der Waals surface area contributed by atoms with Gasteiger partial charge in [0, 0.05) is 20.7 Å². The lowest BCUT2D eigenvalue weighted by atomic mass is 10.2. The van der Waals surface area contributed by atoms with Crippen LogP contribution in [-0.2, 0) is 11.2 Å². The number of hydrogen-bond acceptors (Lipinski definition) is 5. The molecule has 2 N–H and O–H groups in total. The maximum Gasteiger partial charge on any atom is 0.270 e. The Hall–Kier alpha value is -2.51. The Morgan fingerprint density at radius 2 is 1.88 bits per heavy atom. The van der Waals surface area contributed by atoms with Crippen LogP contribution < -0.4 is 10.9 Å². The molecular weight excluding hydrogens is 354 g/mol. The SMILES string of the molecule is Cc1cc(C(=O)NNC(=O)Cc2nc(-c3ccccc3)cs2)c(C)s1. The highest BCUT2D eigenvalue weighted by atomic mass is 32.1. The summed E-state index contributed by atoms with van der Waals surface area (Å²) in [7, 11) is 0. The average molecular weight is 371 g/mol. The minimum Gasteiger partial charge on any atom is -0.273 e. The van der Waals surface area contributed by atoms with Gasteiger partial charge < -0.3 is 0 Å². The van der Waals surface area contributed by atoms with Gasteiger partial charge in [-0.3, -0.25) is 20.4 Å². The Morgan fingerprint density at radius 3 is 2.56 bits per heavy atom. The van der Waals surface area contributed by atoms with Gasteiger partial charge in [-0.05, 0) is 19.9 Å². The first kappa shape index (κ1) is 17.3. The van der Waals surface area contributed by atoms with Crippen LogP contribution in [0.1, 0.15) is 25.1 Å². The van der Waals surface area contributed by atoms with Gasteiger partial charge in [-0.2, -0.15) is 0 Å². The summed E-state index contributed by atoms with van der Waals surface area (Å²) in [5, 5.41) is 2.63. The number of aryl methyl sites for hydroxylation is 2. The second-order valence-corrected chi connectivity index (χ2v) is 7.90. The van der Waals surface area contributed by atoms with E-state index in [1.54, 1.807) is 11.3 Å². The number of carbonyl (C=O) groups excluding carboxylic acids is 2. The summed E-state index contributed by atoms with van der Waals surface area (Å²) >= 11 is 2.98. The lowest BCUT2D eigenvalue weighted by molar-refractivity contribution is -0.121. The Morgan fingerprint density at radius 1 is 1.12 bits per heavy atom. The van der Waals surface area contributed by atoms with E-state index in [9.17, 15) is 9.59 Å². The summed E-state index contributed by atoms with van der Waals surface area (Å²) in [6, 6.07) is 11.6. The number of thiazole rings is 1. The van der Waals surface area contributed by atoms with E-state index in [0.29, 0.717) is 10.6 Å². The summed E-state index contributed by atoms with van der Waals surface area (Å²) in [6.45, 7) is 3.83. The third-order valence-corrected chi connectivity index (χ3v) is 5.35. The number of benzene rings is 1. The fraction of sp³-hybridized carbons (Fsp3) is 0.167. The van der Waals surface area contributed by atoms with Crippen molar-refractivity contribution in [3.05, 3.63) is 62.1 Å². The number of nitrogens with one attached hydrogen (secondary N) is 2. The lowest BCUT2D eigenvalue weighted by Crippen LogP contribution is -2.42. The number of hydrogen-bond donors (Lipinski definition) is 2. The molecule has 0 saturated heterocycles. The highest BCUT2D eigenvalue weighted by Crippen LogP contribution is 2.22. The van der Waals surface area contributed by atoms with Crippen molar-refractivity contribution in [2.24, 2.45) is 0 Å². The van der Waals surface area contributed by atoms with E-state index in [-0.39, 0.29) is 18.2 Å². The summed E-state index contributed by atoms with van der Waals surface area (Å²) in [4.78, 5) is 30.6. The predicted molar refractivity (Wildman–Crippen MR) is 101 cm³/mol. The van der Waals surface area contributed by atoms with E-state index >= 15 is 0 Å². The molecule has 25 heavy (non-hydrogen) atoms. The van der Waals surface area contributed by atoms with Crippen molar-refractivity contribution >= 4 is 34.5 Å². The Balaban J connectivity index is 1.55. The average Bonchev–Trinajstić information content (AvgIpc) is 3.19. The molecule has 2 amide bonds. The summed E-state index contributed by atoms with van der Waals surface area (Å²) in [5.41, 5.74) is 7.36. The largest absolute Gasteiger partial charge is 0.273 e. The smallest absolute Gasteiger partial charge is 0.270 e. The lowest BCUT2D eigenvalue weighted by Gasteiger charge is -2.06. The van der Waals surface area contributed by atoms with E-state index in [1.165, 1.54) is 11.3 Å². The summed E-state index contributed by atoms with van der Waals surface area (Å²) < 4.78 is 0. The van der Waals surface area contributed by atoms with Crippen molar-refractivity contribution in [2.75, 3.05) is 0 Å². The van der Waals surface area contributed by atoms with Crippen LogP contribution >= 0.6 is 22.7 Å². The molecule has 0 aliphatic carbocycles. The van der Waals surface area contributed by atoms with Gasteiger partial charge in [0.15, 0.2) is 0 Å². The van der Waals surface area contributed by atoms with Crippen molar-refractivity contribution in [2.45, 2.75) is 20.3 Å². The standard InChI is InChI=1S/C18H17N3O2S2/c1-11-8-14(12(2)25-11)18(23)21-20-16(22)9-17-19-15(10-24-17)13-6-4-3-5-7-13/h3-8,10H,9H2,1-2H3,(H,20,22)(H,21,23). The van der Waals surface area contributed by atoms with Crippen LogP contribution in [0, 0.1) is 13.8 Å². The van der Waals surface area contributed by atoms with Crippen LogP contribution in [0.3, 0.4) is 0 Å². The molecular formula is C18H17N3O2S2. The minimum atomic E-state index is -0.306. The van der Waals surface area contributed by atoms with Crippen LogP contribution in [-0.4, -0.2) is 16.8 Å². The molecule has 0 aliphatic heterocycles. The fourth-order valence-corrected chi connectivity index (χ4v) is 4.09. The number of amides is 2. The molecule has 0 saturated carbocycles. The van der Waals surface area contributed by atoms with Crippen LogP contribution in [0.15, 0.2) is 41.8 Å². The van der Waals surface area contributed by atoms with E-state index in [0.717, 1.165) is 21.0 Å². The normalized spacial score (nSPS) is 10.5. The second-order valence-electron chi connectivity index (χ2n) is 5.50. The molecule has 0 aliphatic rings. The van der Waals surface area contributed by atoms with Crippen molar-refractivity contribution in [1.82, 2.24) is 15.8 Å². The van der Waals surface area contributed by atoms with Gasteiger partial charge in [-0.1, -0.05) is 30.3 Å². The topological polar surface area (TPSA) is 71.1 Å². The molecule has 0 radical (unpaired) electrons. The molecule has 3 aromatic rings. The van der Waals surface area contributed by atoms with E-state index in [1.807, 2.05) is 55.6 Å². The van der Waals surface area contributed by atoms with E-state index < -0.39 is 0 Å². The number of hydrazine groups is 1. The third-order valence-electron chi connectivity index (χ3n) is 3.53. The molecule has 0 atom stereocenters. The first-order valence-corrected chi connectivity index (χ1v) is 9.38. The maximum absolute atomic E-state index is 12.1. The van der Waals surface area contributed by atoms with Gasteiger partial charge in [0.2, 0.25) is 5.91 Å². The number of carbonyl (C=O) groups is 2. The molecule has 5 nitrogen and oxygen atoms in total. The number of rotatable bonds is 4. The zero-order valence-electron chi connectivity index (χ0n) is 13.8. The Kier molecular flexibility index (Phi) is 5.25. The van der Waals surface area contributed by atoms with Crippen LogP contribution in [0.5, 0.6) is 0 Å². The first-order chi connectivity index (χ1) is 12.0. The van der Waals surface area contributed by atoms with Crippen molar-refractivity contribution < 1.29 is 9.59 Å². The van der Waals surface area contributed by atoms with E-state index in [4.69, 9.17) is 0 Å². The van der Waals surface area contributed by atoms with Crippen LogP contribution in [0.2, 0.25) is 0 Å². The zero-order valence-corrected chi connectivity index (χ0v) is 15.5. The van der Waals surface area contributed by atoms with E-state index in [2.05, 4.69) is 15.8 Å². The molecule has 0 unspecified atom stereocenters. The van der Waals surface area contributed by atoms with Gasteiger partial charge in [0.25, 0.3) is 5.91 Å².